The zero-order valence-corrected chi connectivity index (χ0v) is 8.95. The molecule has 1 aliphatic rings. The Labute approximate surface area is 84.3 Å². The summed E-state index contributed by atoms with van der Waals surface area (Å²) in [6.07, 6.45) is 3.08. The van der Waals surface area contributed by atoms with Gasteiger partial charge in [-0.2, -0.15) is 0 Å². The van der Waals surface area contributed by atoms with Crippen LogP contribution in [0.4, 0.5) is 0 Å². The highest BCUT2D eigenvalue weighted by Gasteiger charge is 2.14. The molecule has 0 bridgehead atoms. The molecule has 1 rings (SSSR count). The van der Waals surface area contributed by atoms with E-state index >= 15 is 0 Å². The average molecular weight is 202 g/mol. The highest BCUT2D eigenvalue weighted by molar-refractivity contribution is 5.96. The maximum Gasteiger partial charge on any atom is 0.313 e. The van der Waals surface area contributed by atoms with Gasteiger partial charge in [0.15, 0.2) is 0 Å². The van der Waals surface area contributed by atoms with Gasteiger partial charge in [0.2, 0.25) is 0 Å². The Morgan fingerprint density at radius 3 is 2.14 bits per heavy atom. The van der Waals surface area contributed by atoms with Gasteiger partial charge in [0.05, 0.1) is 6.10 Å². The van der Waals surface area contributed by atoms with E-state index in [9.17, 15) is 9.59 Å². The molecule has 0 amide bonds. The van der Waals surface area contributed by atoms with E-state index in [1.165, 1.54) is 26.7 Å². The van der Waals surface area contributed by atoms with Crippen LogP contribution < -0.4 is 0 Å². The highest BCUT2D eigenvalue weighted by Crippen LogP contribution is 2.09. The van der Waals surface area contributed by atoms with Crippen LogP contribution >= 0.6 is 0 Å². The maximum atomic E-state index is 10.2. The van der Waals surface area contributed by atoms with Crippen LogP contribution in [0, 0.1) is 5.92 Å². The fraction of sp³-hybridized carbons (Fsp3) is 0.800. The summed E-state index contributed by atoms with van der Waals surface area (Å²) in [6, 6.07) is 0. The number of rotatable bonds is 2. The molecule has 1 heterocycles. The molecule has 0 spiro atoms. The van der Waals surface area contributed by atoms with E-state index in [0.717, 1.165) is 6.61 Å². The molecule has 2 unspecified atom stereocenters. The van der Waals surface area contributed by atoms with E-state index in [0.29, 0.717) is 6.10 Å². The van der Waals surface area contributed by atoms with Crippen molar-refractivity contribution in [2.24, 2.45) is 5.92 Å². The van der Waals surface area contributed by atoms with Gasteiger partial charge in [-0.1, -0.05) is 0 Å². The van der Waals surface area contributed by atoms with Gasteiger partial charge in [-0.3, -0.25) is 9.59 Å². The summed E-state index contributed by atoms with van der Waals surface area (Å²) < 4.78 is 5.15. The van der Waals surface area contributed by atoms with Crippen molar-refractivity contribution in [3.05, 3.63) is 0 Å². The van der Waals surface area contributed by atoms with Crippen molar-refractivity contribution in [1.82, 2.24) is 0 Å². The van der Waals surface area contributed by atoms with Gasteiger partial charge in [0, 0.05) is 6.61 Å². The highest BCUT2D eigenvalue weighted by atomic mass is 16.5. The number of hydrogen-bond acceptors (Lipinski definition) is 3. The molecule has 1 fully saturated rings. The van der Waals surface area contributed by atoms with Crippen LogP contribution in [-0.4, -0.2) is 29.6 Å². The molecular formula is C10H18O4. The number of carboxylic acid groups (broad SMARTS) is 1. The van der Waals surface area contributed by atoms with E-state index in [-0.39, 0.29) is 5.78 Å². The van der Waals surface area contributed by atoms with Crippen LogP contribution in [0.3, 0.4) is 0 Å². The Kier molecular flexibility index (Phi) is 6.12. The van der Waals surface area contributed by atoms with E-state index in [1.54, 1.807) is 0 Å². The van der Waals surface area contributed by atoms with Crippen molar-refractivity contribution in [3.8, 4) is 0 Å². The number of Topliss-reactive ketones (excluding diaryl/α,β-unsaturated/α-hetero) is 1. The molecule has 0 aromatic rings. The van der Waals surface area contributed by atoms with Crippen molar-refractivity contribution in [3.63, 3.8) is 0 Å². The summed E-state index contributed by atoms with van der Waals surface area (Å²) in [5.41, 5.74) is 0. The van der Waals surface area contributed by atoms with E-state index in [2.05, 4.69) is 6.92 Å². The van der Waals surface area contributed by atoms with E-state index < -0.39 is 11.9 Å². The zero-order valence-electron chi connectivity index (χ0n) is 8.95. The van der Waals surface area contributed by atoms with Crippen molar-refractivity contribution < 1.29 is 19.4 Å². The summed E-state index contributed by atoms with van der Waals surface area (Å²) in [4.78, 5) is 20.1. The normalized spacial score (nSPS) is 22.1. The molecule has 0 aromatic carbocycles. The lowest BCUT2D eigenvalue weighted by molar-refractivity contribution is -0.144. The molecule has 0 radical (unpaired) electrons. The molecule has 2 atom stereocenters. The summed E-state index contributed by atoms with van der Waals surface area (Å²) in [7, 11) is 0. The van der Waals surface area contributed by atoms with Crippen molar-refractivity contribution >= 4 is 11.8 Å². The Morgan fingerprint density at radius 1 is 1.50 bits per heavy atom. The SMILES string of the molecule is CC(=O)C(C)C(=O)O.CC1CCCO1. The molecule has 0 saturated carbocycles. The molecule has 0 aliphatic carbocycles. The Morgan fingerprint density at radius 2 is 2.07 bits per heavy atom. The first-order valence-electron chi connectivity index (χ1n) is 4.80. The first-order chi connectivity index (χ1) is 6.45. The van der Waals surface area contributed by atoms with Crippen LogP contribution in [0.15, 0.2) is 0 Å². The molecular weight excluding hydrogens is 184 g/mol. The Bertz CT molecular complexity index is 180. The van der Waals surface area contributed by atoms with Crippen molar-refractivity contribution in [2.45, 2.75) is 39.7 Å². The molecule has 4 heteroatoms. The first-order valence-corrected chi connectivity index (χ1v) is 4.80. The number of carbonyl (C=O) groups excluding carboxylic acids is 1. The fourth-order valence-electron chi connectivity index (χ4n) is 0.913. The zero-order chi connectivity index (χ0) is 11.1. The smallest absolute Gasteiger partial charge is 0.313 e. The molecule has 1 N–H and O–H groups in total. The van der Waals surface area contributed by atoms with Crippen LogP contribution in [0.25, 0.3) is 0 Å². The van der Waals surface area contributed by atoms with Crippen molar-refractivity contribution in [1.29, 1.82) is 0 Å². The monoisotopic (exact) mass is 202 g/mol. The maximum absolute atomic E-state index is 10.2. The minimum atomic E-state index is -1.06. The number of hydrogen-bond donors (Lipinski definition) is 1. The predicted molar refractivity (Wildman–Crippen MR) is 52.1 cm³/mol. The summed E-state index contributed by atoms with van der Waals surface area (Å²) >= 11 is 0. The minimum absolute atomic E-state index is 0.308. The molecule has 1 aliphatic heterocycles. The second-order valence-electron chi connectivity index (χ2n) is 3.49. The minimum Gasteiger partial charge on any atom is -0.481 e. The van der Waals surface area contributed by atoms with Gasteiger partial charge in [0.25, 0.3) is 0 Å². The van der Waals surface area contributed by atoms with Gasteiger partial charge in [-0.05, 0) is 33.6 Å². The predicted octanol–water partition coefficient (Wildman–Crippen LogP) is 1.48. The quantitative estimate of drug-likeness (QED) is 0.689. The summed E-state index contributed by atoms with van der Waals surface area (Å²) in [5.74, 6) is -2.22. The number of aliphatic carboxylic acids is 1. The molecule has 14 heavy (non-hydrogen) atoms. The number of carboxylic acids is 1. The van der Waals surface area contributed by atoms with Gasteiger partial charge in [-0.15, -0.1) is 0 Å². The third-order valence-electron chi connectivity index (χ3n) is 2.14. The first kappa shape index (κ1) is 13.1. The van der Waals surface area contributed by atoms with Crippen LogP contribution in [0.1, 0.15) is 33.6 Å². The molecule has 0 aromatic heterocycles. The lowest BCUT2D eigenvalue weighted by Gasteiger charge is -1.96. The second-order valence-corrected chi connectivity index (χ2v) is 3.49. The lowest BCUT2D eigenvalue weighted by Crippen LogP contribution is -2.16. The molecule has 1 saturated heterocycles. The summed E-state index contributed by atoms with van der Waals surface area (Å²) in [5, 5.41) is 8.13. The Balaban J connectivity index is 0.000000249. The van der Waals surface area contributed by atoms with Crippen LogP contribution in [0.2, 0.25) is 0 Å². The standard InChI is InChI=1S/C5H8O3.C5H10O/c1-3(4(2)6)5(7)8;1-5-3-2-4-6-5/h3H,1-2H3,(H,7,8);5H,2-4H2,1H3. The number of ketones is 1. The van der Waals surface area contributed by atoms with E-state index in [4.69, 9.17) is 9.84 Å². The lowest BCUT2D eigenvalue weighted by atomic mass is 10.1. The number of carbonyl (C=O) groups is 2. The van der Waals surface area contributed by atoms with Gasteiger partial charge < -0.3 is 9.84 Å². The van der Waals surface area contributed by atoms with Gasteiger partial charge in [-0.25, -0.2) is 0 Å². The third kappa shape index (κ3) is 5.70. The summed E-state index contributed by atoms with van der Waals surface area (Å²) in [6.45, 7) is 5.73. The Hall–Kier alpha value is -0.900. The largest absolute Gasteiger partial charge is 0.481 e. The second kappa shape index (κ2) is 6.54. The fourth-order valence-corrected chi connectivity index (χ4v) is 0.913. The number of ether oxygens (including phenoxy) is 1. The molecule has 4 nitrogen and oxygen atoms in total. The van der Waals surface area contributed by atoms with E-state index in [1.807, 2.05) is 0 Å². The third-order valence-corrected chi connectivity index (χ3v) is 2.14. The molecule has 82 valence electrons. The van der Waals surface area contributed by atoms with Gasteiger partial charge >= 0.3 is 5.97 Å². The topological polar surface area (TPSA) is 63.6 Å². The van der Waals surface area contributed by atoms with Gasteiger partial charge in [0.1, 0.15) is 11.7 Å². The van der Waals surface area contributed by atoms with Crippen LogP contribution in [-0.2, 0) is 14.3 Å². The van der Waals surface area contributed by atoms with Crippen molar-refractivity contribution in [2.75, 3.05) is 6.61 Å². The average Bonchev–Trinajstić information content (AvgIpc) is 2.55. The van der Waals surface area contributed by atoms with Crippen LogP contribution in [0.5, 0.6) is 0 Å².